The van der Waals surface area contributed by atoms with Crippen molar-refractivity contribution in [2.75, 3.05) is 12.4 Å². The van der Waals surface area contributed by atoms with Crippen LogP contribution in [0.2, 0.25) is 0 Å². The van der Waals surface area contributed by atoms with Gasteiger partial charge in [0.05, 0.1) is 6.61 Å². The van der Waals surface area contributed by atoms with E-state index in [4.69, 9.17) is 4.74 Å². The third-order valence-corrected chi connectivity index (χ3v) is 3.51. The van der Waals surface area contributed by atoms with Crippen LogP contribution in [0.15, 0.2) is 46.9 Å². The van der Waals surface area contributed by atoms with Crippen molar-refractivity contribution < 1.29 is 13.9 Å². The fourth-order valence-corrected chi connectivity index (χ4v) is 2.24. The van der Waals surface area contributed by atoms with Crippen LogP contribution in [-0.2, 0) is 11.3 Å². The van der Waals surface area contributed by atoms with Crippen LogP contribution in [-0.4, -0.2) is 13.0 Å². The number of carbonyl (C=O) groups excluding carboxylic acids is 1. The van der Waals surface area contributed by atoms with E-state index in [1.165, 1.54) is 24.3 Å². The largest absolute Gasteiger partial charge is 0.380 e. The molecule has 0 radical (unpaired) electrons. The summed E-state index contributed by atoms with van der Waals surface area (Å²) >= 11 is 3.42. The van der Waals surface area contributed by atoms with Gasteiger partial charge in [-0.05, 0) is 36.4 Å². The predicted molar refractivity (Wildman–Crippen MR) is 79.2 cm³/mol. The summed E-state index contributed by atoms with van der Waals surface area (Å²) in [7, 11) is 1.59. The molecule has 3 nitrogen and oxygen atoms in total. The number of halogens is 2. The van der Waals surface area contributed by atoms with Gasteiger partial charge >= 0.3 is 0 Å². The summed E-state index contributed by atoms with van der Waals surface area (Å²) in [4.78, 5) is 12.1. The van der Waals surface area contributed by atoms with Gasteiger partial charge in [-0.2, -0.15) is 0 Å². The van der Waals surface area contributed by atoms with Gasteiger partial charge in [-0.1, -0.05) is 22.0 Å². The van der Waals surface area contributed by atoms with Crippen molar-refractivity contribution in [2.45, 2.75) is 6.61 Å². The van der Waals surface area contributed by atoms with E-state index in [1.807, 2.05) is 12.1 Å². The summed E-state index contributed by atoms with van der Waals surface area (Å²) in [6.07, 6.45) is 0. The van der Waals surface area contributed by atoms with Crippen molar-refractivity contribution >= 4 is 27.5 Å². The summed E-state index contributed by atoms with van der Waals surface area (Å²) in [6, 6.07) is 10.9. The third kappa shape index (κ3) is 3.43. The van der Waals surface area contributed by atoms with E-state index in [0.29, 0.717) is 17.9 Å². The molecule has 0 bridgehead atoms. The van der Waals surface area contributed by atoms with E-state index in [0.717, 1.165) is 10.0 Å². The lowest BCUT2D eigenvalue weighted by molar-refractivity contribution is 0.102. The van der Waals surface area contributed by atoms with Crippen LogP contribution in [0.25, 0.3) is 0 Å². The van der Waals surface area contributed by atoms with Crippen molar-refractivity contribution in [3.63, 3.8) is 0 Å². The van der Waals surface area contributed by atoms with E-state index < -0.39 is 0 Å². The van der Waals surface area contributed by atoms with Crippen LogP contribution in [0, 0.1) is 5.82 Å². The van der Waals surface area contributed by atoms with Gasteiger partial charge in [0.2, 0.25) is 0 Å². The molecule has 0 aliphatic carbocycles. The highest BCUT2D eigenvalue weighted by Crippen LogP contribution is 2.26. The number of methoxy groups -OCH3 is 1. The zero-order chi connectivity index (χ0) is 14.5. The Balaban J connectivity index is 2.23. The molecule has 0 atom stereocenters. The Kier molecular flexibility index (Phi) is 4.87. The van der Waals surface area contributed by atoms with Gasteiger partial charge in [-0.25, -0.2) is 4.39 Å². The standard InChI is InChI=1S/C15H13BrFNO2/c1-20-9-12-13(16)3-2-4-14(12)18-15(19)10-5-7-11(17)8-6-10/h2-8H,9H2,1H3,(H,18,19). The van der Waals surface area contributed by atoms with E-state index in [9.17, 15) is 9.18 Å². The number of nitrogens with one attached hydrogen (secondary N) is 1. The second kappa shape index (κ2) is 6.63. The number of carbonyl (C=O) groups is 1. The van der Waals surface area contributed by atoms with E-state index >= 15 is 0 Å². The number of amides is 1. The molecule has 0 aliphatic heterocycles. The summed E-state index contributed by atoms with van der Waals surface area (Å²) in [5.41, 5.74) is 1.91. The van der Waals surface area contributed by atoms with Crippen molar-refractivity contribution in [3.8, 4) is 0 Å². The first kappa shape index (κ1) is 14.7. The molecule has 0 spiro atoms. The van der Waals surface area contributed by atoms with Gasteiger partial charge in [0.15, 0.2) is 0 Å². The fraction of sp³-hybridized carbons (Fsp3) is 0.133. The molecule has 1 amide bonds. The minimum Gasteiger partial charge on any atom is -0.380 e. The molecule has 2 aromatic carbocycles. The number of anilines is 1. The Bertz CT molecular complexity index is 614. The van der Waals surface area contributed by atoms with Gasteiger partial charge in [-0.15, -0.1) is 0 Å². The van der Waals surface area contributed by atoms with Crippen LogP contribution in [0.5, 0.6) is 0 Å². The normalized spacial score (nSPS) is 10.3. The molecular weight excluding hydrogens is 325 g/mol. The number of rotatable bonds is 4. The van der Waals surface area contributed by atoms with Crippen LogP contribution in [0.4, 0.5) is 10.1 Å². The fourth-order valence-electron chi connectivity index (χ4n) is 1.76. The second-order valence-corrected chi connectivity index (χ2v) is 5.01. The maximum atomic E-state index is 12.8. The molecule has 0 unspecified atom stereocenters. The SMILES string of the molecule is COCc1c(Br)cccc1NC(=O)c1ccc(F)cc1. The molecule has 0 aliphatic rings. The Labute approximate surface area is 124 Å². The third-order valence-electron chi connectivity index (χ3n) is 2.76. The quantitative estimate of drug-likeness (QED) is 0.916. The maximum absolute atomic E-state index is 12.8. The van der Waals surface area contributed by atoms with Crippen LogP contribution < -0.4 is 5.32 Å². The highest BCUT2D eigenvalue weighted by Gasteiger charge is 2.11. The molecule has 0 aromatic heterocycles. The number of hydrogen-bond acceptors (Lipinski definition) is 2. The Hall–Kier alpha value is -1.72. The maximum Gasteiger partial charge on any atom is 0.255 e. The summed E-state index contributed by atoms with van der Waals surface area (Å²) in [6.45, 7) is 0.375. The average molecular weight is 338 g/mol. The zero-order valence-corrected chi connectivity index (χ0v) is 12.4. The second-order valence-electron chi connectivity index (χ2n) is 4.16. The van der Waals surface area contributed by atoms with Gasteiger partial charge in [-0.3, -0.25) is 4.79 Å². The first-order valence-electron chi connectivity index (χ1n) is 5.95. The molecule has 2 rings (SSSR count). The minimum atomic E-state index is -0.371. The first-order chi connectivity index (χ1) is 9.61. The lowest BCUT2D eigenvalue weighted by Gasteiger charge is -2.12. The molecular formula is C15H13BrFNO2. The monoisotopic (exact) mass is 337 g/mol. The number of hydrogen-bond donors (Lipinski definition) is 1. The molecule has 20 heavy (non-hydrogen) atoms. The predicted octanol–water partition coefficient (Wildman–Crippen LogP) is 3.99. The molecule has 0 saturated heterocycles. The highest BCUT2D eigenvalue weighted by atomic mass is 79.9. The molecule has 0 fully saturated rings. The number of benzene rings is 2. The molecule has 0 heterocycles. The Morgan fingerprint density at radius 1 is 1.25 bits per heavy atom. The highest BCUT2D eigenvalue weighted by molar-refractivity contribution is 9.10. The molecule has 1 N–H and O–H groups in total. The van der Waals surface area contributed by atoms with Gasteiger partial charge in [0, 0.05) is 28.4 Å². The lowest BCUT2D eigenvalue weighted by atomic mass is 10.1. The minimum absolute atomic E-state index is 0.291. The van der Waals surface area contributed by atoms with E-state index in [1.54, 1.807) is 13.2 Å². The first-order valence-corrected chi connectivity index (χ1v) is 6.74. The van der Waals surface area contributed by atoms with Crippen LogP contribution in [0.1, 0.15) is 15.9 Å². The van der Waals surface area contributed by atoms with Crippen molar-refractivity contribution in [1.29, 1.82) is 0 Å². The molecule has 0 saturated carbocycles. The van der Waals surface area contributed by atoms with Crippen molar-refractivity contribution in [1.82, 2.24) is 0 Å². The van der Waals surface area contributed by atoms with Crippen molar-refractivity contribution in [2.24, 2.45) is 0 Å². The zero-order valence-electron chi connectivity index (χ0n) is 10.8. The smallest absolute Gasteiger partial charge is 0.255 e. The summed E-state index contributed by atoms with van der Waals surface area (Å²) in [5.74, 6) is -0.662. The van der Waals surface area contributed by atoms with Gasteiger partial charge in [0.25, 0.3) is 5.91 Å². The van der Waals surface area contributed by atoms with E-state index in [2.05, 4.69) is 21.2 Å². The van der Waals surface area contributed by atoms with Gasteiger partial charge in [0.1, 0.15) is 5.82 Å². The molecule has 5 heteroatoms. The average Bonchev–Trinajstić information content (AvgIpc) is 2.43. The van der Waals surface area contributed by atoms with E-state index in [-0.39, 0.29) is 11.7 Å². The summed E-state index contributed by atoms with van der Waals surface area (Å²) < 4.78 is 18.8. The van der Waals surface area contributed by atoms with Crippen LogP contribution in [0.3, 0.4) is 0 Å². The topological polar surface area (TPSA) is 38.3 Å². The van der Waals surface area contributed by atoms with Crippen molar-refractivity contribution in [3.05, 3.63) is 63.9 Å². The number of ether oxygens (including phenoxy) is 1. The Morgan fingerprint density at radius 3 is 2.60 bits per heavy atom. The Morgan fingerprint density at radius 2 is 1.95 bits per heavy atom. The van der Waals surface area contributed by atoms with Gasteiger partial charge < -0.3 is 10.1 Å². The van der Waals surface area contributed by atoms with Crippen LogP contribution >= 0.6 is 15.9 Å². The molecule has 104 valence electrons. The molecule has 2 aromatic rings. The summed E-state index contributed by atoms with van der Waals surface area (Å²) in [5, 5.41) is 2.80. The lowest BCUT2D eigenvalue weighted by Crippen LogP contribution is -2.13.